The van der Waals surface area contributed by atoms with Crippen molar-refractivity contribution in [1.29, 1.82) is 0 Å². The second-order valence-electron chi connectivity index (χ2n) is 3.56. The Morgan fingerprint density at radius 3 is 2.29 bits per heavy atom. The first kappa shape index (κ1) is 11.9. The molecule has 2 nitrogen and oxygen atoms in total. The van der Waals surface area contributed by atoms with Gasteiger partial charge in [0.1, 0.15) is 5.03 Å². The van der Waals surface area contributed by atoms with Crippen LogP contribution in [-0.4, -0.2) is 20.7 Å². The molecule has 0 aliphatic rings. The third kappa shape index (κ3) is 4.33. The Morgan fingerprint density at radius 2 is 1.71 bits per heavy atom. The van der Waals surface area contributed by atoms with Crippen molar-refractivity contribution in [1.82, 2.24) is 10.2 Å². The van der Waals surface area contributed by atoms with Crippen LogP contribution in [0.3, 0.4) is 0 Å². The zero-order valence-electron chi connectivity index (χ0n) is 9.02. The lowest BCUT2D eigenvalue weighted by Gasteiger charge is -2.06. The Bertz CT molecular complexity index is 262. The predicted molar refractivity (Wildman–Crippen MR) is 64.0 cm³/mol. The highest BCUT2D eigenvalue weighted by Crippen LogP contribution is 2.26. The summed E-state index contributed by atoms with van der Waals surface area (Å²) < 4.78 is 0. The molecule has 0 aliphatic carbocycles. The van der Waals surface area contributed by atoms with Crippen molar-refractivity contribution in [2.45, 2.75) is 48.1 Å². The molecule has 0 aromatic carbocycles. The molecule has 1 heterocycles. The van der Waals surface area contributed by atoms with E-state index < -0.39 is 0 Å². The van der Waals surface area contributed by atoms with E-state index in [2.05, 4.69) is 44.0 Å². The first-order chi connectivity index (χ1) is 6.58. The van der Waals surface area contributed by atoms with E-state index in [-0.39, 0.29) is 0 Å². The minimum Gasteiger partial charge on any atom is -0.157 e. The molecular formula is C10H16N2S2. The maximum atomic E-state index is 4.09. The fourth-order valence-electron chi connectivity index (χ4n) is 0.966. The van der Waals surface area contributed by atoms with E-state index in [4.69, 9.17) is 0 Å². The summed E-state index contributed by atoms with van der Waals surface area (Å²) >= 11 is 3.58. The summed E-state index contributed by atoms with van der Waals surface area (Å²) in [6, 6.07) is 2.11. The normalized spacial score (nSPS) is 11.3. The van der Waals surface area contributed by atoms with Crippen LogP contribution in [0.15, 0.2) is 22.2 Å². The van der Waals surface area contributed by atoms with Gasteiger partial charge in [-0.15, -0.1) is 28.6 Å². The van der Waals surface area contributed by atoms with Gasteiger partial charge >= 0.3 is 0 Å². The van der Waals surface area contributed by atoms with Crippen molar-refractivity contribution in [3.63, 3.8) is 0 Å². The average molecular weight is 228 g/mol. The third-order valence-corrected chi connectivity index (χ3v) is 3.21. The molecule has 4 heteroatoms. The molecule has 78 valence electrons. The topological polar surface area (TPSA) is 25.8 Å². The zero-order chi connectivity index (χ0) is 10.6. The molecule has 0 saturated carbocycles. The van der Waals surface area contributed by atoms with Gasteiger partial charge in [-0.3, -0.25) is 0 Å². The van der Waals surface area contributed by atoms with Gasteiger partial charge in [-0.2, -0.15) is 5.10 Å². The SMILES string of the molecule is CC(C)Sc1cnnc(SC(C)C)c1. The van der Waals surface area contributed by atoms with Gasteiger partial charge in [-0.1, -0.05) is 27.7 Å². The minimum absolute atomic E-state index is 0.559. The number of rotatable bonds is 4. The molecular weight excluding hydrogens is 212 g/mol. The molecule has 0 atom stereocenters. The van der Waals surface area contributed by atoms with Crippen LogP contribution in [0.4, 0.5) is 0 Å². The van der Waals surface area contributed by atoms with Gasteiger partial charge in [-0.05, 0) is 6.07 Å². The van der Waals surface area contributed by atoms with Crippen LogP contribution in [-0.2, 0) is 0 Å². The molecule has 1 aromatic rings. The first-order valence-corrected chi connectivity index (χ1v) is 6.50. The highest BCUT2D eigenvalue weighted by molar-refractivity contribution is 8.00. The Hall–Kier alpha value is -0.220. The van der Waals surface area contributed by atoms with E-state index in [1.54, 1.807) is 11.8 Å². The Kier molecular flexibility index (Phi) is 4.75. The molecule has 0 radical (unpaired) electrons. The van der Waals surface area contributed by atoms with E-state index in [0.717, 1.165) is 5.03 Å². The smallest absolute Gasteiger partial charge is 0.120 e. The van der Waals surface area contributed by atoms with Gasteiger partial charge in [-0.25, -0.2) is 0 Å². The van der Waals surface area contributed by atoms with Crippen molar-refractivity contribution < 1.29 is 0 Å². The van der Waals surface area contributed by atoms with Crippen LogP contribution in [0.2, 0.25) is 0 Å². The van der Waals surface area contributed by atoms with Crippen LogP contribution < -0.4 is 0 Å². The second-order valence-corrected chi connectivity index (χ2v) is 6.81. The van der Waals surface area contributed by atoms with Crippen LogP contribution in [0.1, 0.15) is 27.7 Å². The summed E-state index contributed by atoms with van der Waals surface area (Å²) in [6.07, 6.45) is 1.83. The number of hydrogen-bond donors (Lipinski definition) is 0. The standard InChI is InChI=1S/C10H16N2S2/c1-7(2)13-9-5-10(12-11-6-9)14-8(3)4/h5-8H,1-4H3. The molecule has 0 aliphatic heterocycles. The van der Waals surface area contributed by atoms with E-state index in [0.29, 0.717) is 10.5 Å². The van der Waals surface area contributed by atoms with Gasteiger partial charge in [0, 0.05) is 15.4 Å². The van der Waals surface area contributed by atoms with Gasteiger partial charge in [0.25, 0.3) is 0 Å². The summed E-state index contributed by atoms with van der Waals surface area (Å²) in [5.41, 5.74) is 0. The Morgan fingerprint density at radius 1 is 1.07 bits per heavy atom. The fraction of sp³-hybridized carbons (Fsp3) is 0.600. The maximum Gasteiger partial charge on any atom is 0.120 e. The van der Waals surface area contributed by atoms with E-state index in [9.17, 15) is 0 Å². The Labute approximate surface area is 94.3 Å². The van der Waals surface area contributed by atoms with Gasteiger partial charge in [0.2, 0.25) is 0 Å². The highest BCUT2D eigenvalue weighted by Gasteiger charge is 2.04. The van der Waals surface area contributed by atoms with Crippen molar-refractivity contribution in [3.05, 3.63) is 12.3 Å². The van der Waals surface area contributed by atoms with Crippen LogP contribution in [0.5, 0.6) is 0 Å². The van der Waals surface area contributed by atoms with Crippen molar-refractivity contribution in [3.8, 4) is 0 Å². The lowest BCUT2D eigenvalue weighted by Crippen LogP contribution is -1.93. The molecule has 0 unspecified atom stereocenters. The molecule has 1 aromatic heterocycles. The summed E-state index contributed by atoms with van der Waals surface area (Å²) in [7, 11) is 0. The van der Waals surface area contributed by atoms with Gasteiger partial charge < -0.3 is 0 Å². The summed E-state index contributed by atoms with van der Waals surface area (Å²) in [6.45, 7) is 8.68. The Balaban J connectivity index is 2.68. The quantitative estimate of drug-likeness (QED) is 0.737. The number of thioether (sulfide) groups is 2. The summed E-state index contributed by atoms with van der Waals surface area (Å²) in [5, 5.41) is 10.3. The number of aromatic nitrogens is 2. The molecule has 0 amide bonds. The van der Waals surface area contributed by atoms with Crippen molar-refractivity contribution >= 4 is 23.5 Å². The lowest BCUT2D eigenvalue weighted by atomic mass is 10.6. The summed E-state index contributed by atoms with van der Waals surface area (Å²) in [4.78, 5) is 1.21. The maximum absolute atomic E-state index is 4.09. The van der Waals surface area contributed by atoms with Crippen LogP contribution >= 0.6 is 23.5 Å². The van der Waals surface area contributed by atoms with E-state index >= 15 is 0 Å². The van der Waals surface area contributed by atoms with E-state index in [1.165, 1.54) is 4.90 Å². The molecule has 1 rings (SSSR count). The predicted octanol–water partition coefficient (Wildman–Crippen LogP) is 3.48. The second kappa shape index (κ2) is 5.61. The monoisotopic (exact) mass is 228 g/mol. The van der Waals surface area contributed by atoms with Crippen LogP contribution in [0, 0.1) is 0 Å². The lowest BCUT2D eigenvalue weighted by molar-refractivity contribution is 0.893. The first-order valence-electron chi connectivity index (χ1n) is 4.74. The average Bonchev–Trinajstić information content (AvgIpc) is 2.01. The molecule has 14 heavy (non-hydrogen) atoms. The van der Waals surface area contributed by atoms with Gasteiger partial charge in [0.05, 0.1) is 6.20 Å². The van der Waals surface area contributed by atoms with Crippen molar-refractivity contribution in [2.24, 2.45) is 0 Å². The van der Waals surface area contributed by atoms with Gasteiger partial charge in [0.15, 0.2) is 0 Å². The molecule has 0 spiro atoms. The van der Waals surface area contributed by atoms with Crippen LogP contribution in [0.25, 0.3) is 0 Å². The highest BCUT2D eigenvalue weighted by atomic mass is 32.2. The number of nitrogens with zero attached hydrogens (tertiary/aromatic N) is 2. The molecule has 0 saturated heterocycles. The molecule has 0 bridgehead atoms. The third-order valence-electron chi connectivity index (χ3n) is 1.34. The molecule has 0 fully saturated rings. The zero-order valence-corrected chi connectivity index (χ0v) is 10.7. The molecule has 0 N–H and O–H groups in total. The number of hydrogen-bond acceptors (Lipinski definition) is 4. The van der Waals surface area contributed by atoms with E-state index in [1.807, 2.05) is 18.0 Å². The summed E-state index contributed by atoms with van der Waals surface area (Å²) in [5.74, 6) is 0. The largest absolute Gasteiger partial charge is 0.157 e. The minimum atomic E-state index is 0.559. The van der Waals surface area contributed by atoms with Crippen molar-refractivity contribution in [2.75, 3.05) is 0 Å². The fourth-order valence-corrected chi connectivity index (χ4v) is 2.65.